The fourth-order valence-electron chi connectivity index (χ4n) is 2.51. The smallest absolute Gasteiger partial charge is 0.277 e. The fourth-order valence-corrected chi connectivity index (χ4v) is 3.51. The molecule has 2 aromatic carbocycles. The molecule has 25 heavy (non-hydrogen) atoms. The van der Waals surface area contributed by atoms with Gasteiger partial charge in [0.25, 0.3) is 11.1 Å². The molecule has 1 aliphatic rings. The summed E-state index contributed by atoms with van der Waals surface area (Å²) >= 11 is 7.49. The van der Waals surface area contributed by atoms with Gasteiger partial charge in [-0.25, -0.2) is 4.39 Å². The van der Waals surface area contributed by atoms with Gasteiger partial charge in [-0.2, -0.15) is 0 Å². The molecule has 0 fully saturated rings. The molecule has 0 radical (unpaired) electrons. The third-order valence-electron chi connectivity index (χ3n) is 3.61. The highest BCUT2D eigenvalue weighted by Gasteiger charge is 2.18. The second-order valence-electron chi connectivity index (χ2n) is 5.31. The van der Waals surface area contributed by atoms with Gasteiger partial charge in [-0.1, -0.05) is 35.5 Å². The van der Waals surface area contributed by atoms with Crippen molar-refractivity contribution >= 4 is 23.4 Å². The van der Waals surface area contributed by atoms with E-state index in [1.807, 2.05) is 12.1 Å². The Morgan fingerprint density at radius 3 is 2.96 bits per heavy atom. The summed E-state index contributed by atoms with van der Waals surface area (Å²) in [6.45, 7) is 0.676. The van der Waals surface area contributed by atoms with E-state index in [9.17, 15) is 4.39 Å². The molecule has 8 heteroatoms. The summed E-state index contributed by atoms with van der Waals surface area (Å²) in [6.07, 6.45) is 0. The summed E-state index contributed by atoms with van der Waals surface area (Å²) in [5, 5.41) is 8.83. The number of rotatable bonds is 4. The second-order valence-corrected chi connectivity index (χ2v) is 6.67. The summed E-state index contributed by atoms with van der Waals surface area (Å²) in [5.74, 6) is 1.05. The first-order valence-electron chi connectivity index (χ1n) is 7.44. The van der Waals surface area contributed by atoms with Crippen LogP contribution < -0.4 is 4.74 Å². The van der Waals surface area contributed by atoms with Crippen molar-refractivity contribution in [2.45, 2.75) is 17.6 Å². The van der Waals surface area contributed by atoms with Crippen LogP contribution in [0.3, 0.4) is 0 Å². The fraction of sp³-hybridized carbons (Fsp3) is 0.176. The van der Waals surface area contributed by atoms with Crippen LogP contribution in [0, 0.1) is 5.82 Å². The van der Waals surface area contributed by atoms with E-state index < -0.39 is 5.82 Å². The van der Waals surface area contributed by atoms with Crippen LogP contribution in [0.1, 0.15) is 11.1 Å². The van der Waals surface area contributed by atoms with Crippen LogP contribution >= 0.6 is 23.4 Å². The van der Waals surface area contributed by atoms with E-state index in [0.29, 0.717) is 22.6 Å². The van der Waals surface area contributed by atoms with Gasteiger partial charge in [0.05, 0.1) is 12.2 Å². The average Bonchev–Trinajstić information content (AvgIpc) is 3.08. The Morgan fingerprint density at radius 2 is 2.08 bits per heavy atom. The van der Waals surface area contributed by atoms with E-state index in [1.165, 1.54) is 17.8 Å². The van der Waals surface area contributed by atoms with Crippen LogP contribution in [-0.2, 0) is 17.1 Å². The summed E-state index contributed by atoms with van der Waals surface area (Å²) in [6, 6.07) is 9.94. The van der Waals surface area contributed by atoms with Crippen molar-refractivity contribution in [1.82, 2.24) is 10.2 Å². The highest BCUT2D eigenvalue weighted by molar-refractivity contribution is 7.98. The van der Waals surface area contributed by atoms with Gasteiger partial charge in [0, 0.05) is 21.9 Å². The average molecular weight is 379 g/mol. The third kappa shape index (κ3) is 3.49. The normalized spacial score (nSPS) is 13.4. The highest BCUT2D eigenvalue weighted by atomic mass is 35.5. The molecule has 0 atom stereocenters. The molecule has 3 aromatic rings. The molecular weight excluding hydrogens is 367 g/mol. The summed E-state index contributed by atoms with van der Waals surface area (Å²) in [5.41, 5.74) is 2.11. The SMILES string of the molecule is Fc1ccccc1-c1nnc(SCc2cc(Cl)cc3c2OCOC3)o1. The third-order valence-corrected chi connectivity index (χ3v) is 4.70. The molecule has 2 heterocycles. The van der Waals surface area contributed by atoms with E-state index in [2.05, 4.69) is 10.2 Å². The first kappa shape index (κ1) is 16.4. The summed E-state index contributed by atoms with van der Waals surface area (Å²) < 4.78 is 30.2. The molecule has 0 bridgehead atoms. The number of ether oxygens (including phenoxy) is 2. The standard InChI is InChI=1S/C17H12ClFN2O3S/c18-12-5-10-7-22-9-23-15(10)11(6-12)8-25-17-21-20-16(24-17)13-3-1-2-4-14(13)19/h1-6H,7-9H2. The van der Waals surface area contributed by atoms with Crippen molar-refractivity contribution in [3.8, 4) is 17.2 Å². The minimum atomic E-state index is -0.403. The van der Waals surface area contributed by atoms with Crippen LogP contribution in [0.15, 0.2) is 46.0 Å². The Balaban J connectivity index is 1.53. The number of thioether (sulfide) groups is 1. The van der Waals surface area contributed by atoms with Gasteiger partial charge in [0.2, 0.25) is 0 Å². The van der Waals surface area contributed by atoms with Gasteiger partial charge in [0.15, 0.2) is 6.79 Å². The Morgan fingerprint density at radius 1 is 1.20 bits per heavy atom. The first-order valence-corrected chi connectivity index (χ1v) is 8.80. The molecule has 0 saturated carbocycles. The lowest BCUT2D eigenvalue weighted by Gasteiger charge is -2.20. The van der Waals surface area contributed by atoms with Crippen molar-refractivity contribution in [2.75, 3.05) is 6.79 Å². The number of hydrogen-bond acceptors (Lipinski definition) is 6. The lowest BCUT2D eigenvalue weighted by atomic mass is 10.1. The number of halogens is 2. The quantitative estimate of drug-likeness (QED) is 0.614. The first-order chi connectivity index (χ1) is 12.2. The number of hydrogen-bond donors (Lipinski definition) is 0. The summed E-state index contributed by atoms with van der Waals surface area (Å²) in [7, 11) is 0. The molecule has 0 amide bonds. The number of nitrogens with zero attached hydrogens (tertiary/aromatic N) is 2. The molecule has 0 unspecified atom stereocenters. The van der Waals surface area contributed by atoms with Gasteiger partial charge >= 0.3 is 0 Å². The predicted molar refractivity (Wildman–Crippen MR) is 91.0 cm³/mol. The zero-order valence-electron chi connectivity index (χ0n) is 12.9. The van der Waals surface area contributed by atoms with Crippen molar-refractivity contribution in [2.24, 2.45) is 0 Å². The summed E-state index contributed by atoms with van der Waals surface area (Å²) in [4.78, 5) is 0. The molecule has 0 saturated heterocycles. The zero-order chi connectivity index (χ0) is 17.2. The van der Waals surface area contributed by atoms with Crippen LogP contribution in [-0.4, -0.2) is 17.0 Å². The lowest BCUT2D eigenvalue weighted by Crippen LogP contribution is -2.12. The van der Waals surface area contributed by atoms with E-state index in [-0.39, 0.29) is 18.2 Å². The van der Waals surface area contributed by atoms with Crippen LogP contribution in [0.5, 0.6) is 5.75 Å². The molecule has 0 spiro atoms. The van der Waals surface area contributed by atoms with Gasteiger partial charge in [-0.3, -0.25) is 0 Å². The van der Waals surface area contributed by atoms with Crippen molar-refractivity contribution in [1.29, 1.82) is 0 Å². The van der Waals surface area contributed by atoms with Crippen LogP contribution in [0.4, 0.5) is 4.39 Å². The molecule has 4 rings (SSSR count). The Bertz CT molecular complexity index is 919. The van der Waals surface area contributed by atoms with Gasteiger partial charge in [-0.15, -0.1) is 10.2 Å². The molecule has 128 valence electrons. The van der Waals surface area contributed by atoms with Crippen LogP contribution in [0.25, 0.3) is 11.5 Å². The minimum absolute atomic E-state index is 0.151. The lowest BCUT2D eigenvalue weighted by molar-refractivity contribution is -0.0168. The maximum Gasteiger partial charge on any atom is 0.277 e. The monoisotopic (exact) mass is 378 g/mol. The second kappa shape index (κ2) is 7.03. The topological polar surface area (TPSA) is 57.4 Å². The Hall–Kier alpha value is -2.09. The largest absolute Gasteiger partial charge is 0.467 e. The van der Waals surface area contributed by atoms with Crippen molar-refractivity contribution in [3.63, 3.8) is 0 Å². The van der Waals surface area contributed by atoms with E-state index in [0.717, 1.165) is 16.9 Å². The van der Waals surface area contributed by atoms with Gasteiger partial charge < -0.3 is 13.9 Å². The molecular formula is C17H12ClFN2O3S. The van der Waals surface area contributed by atoms with E-state index in [1.54, 1.807) is 18.2 Å². The van der Waals surface area contributed by atoms with E-state index in [4.69, 9.17) is 25.5 Å². The number of aromatic nitrogens is 2. The van der Waals surface area contributed by atoms with Gasteiger partial charge in [0.1, 0.15) is 11.6 Å². The van der Waals surface area contributed by atoms with Crippen molar-refractivity contribution in [3.05, 3.63) is 58.4 Å². The van der Waals surface area contributed by atoms with Crippen LogP contribution in [0.2, 0.25) is 5.02 Å². The minimum Gasteiger partial charge on any atom is -0.467 e. The van der Waals surface area contributed by atoms with E-state index >= 15 is 0 Å². The molecule has 0 aliphatic carbocycles. The Kier molecular flexibility index (Phi) is 4.61. The zero-order valence-corrected chi connectivity index (χ0v) is 14.4. The number of fused-ring (bicyclic) bond motifs is 1. The highest BCUT2D eigenvalue weighted by Crippen LogP contribution is 2.35. The molecule has 0 N–H and O–H groups in total. The number of benzene rings is 2. The maximum absolute atomic E-state index is 13.8. The molecule has 1 aliphatic heterocycles. The predicted octanol–water partition coefficient (Wildman–Crippen LogP) is 4.69. The van der Waals surface area contributed by atoms with Gasteiger partial charge in [-0.05, 0) is 24.3 Å². The molecule has 1 aromatic heterocycles. The Labute approximate surface area is 152 Å². The van der Waals surface area contributed by atoms with Crippen molar-refractivity contribution < 1.29 is 18.3 Å². The molecule has 5 nitrogen and oxygen atoms in total. The maximum atomic E-state index is 13.8.